The van der Waals surface area contributed by atoms with Crippen LogP contribution in [0, 0.1) is 11.8 Å². The van der Waals surface area contributed by atoms with Crippen LogP contribution in [0.4, 0.5) is 0 Å². The van der Waals surface area contributed by atoms with Gasteiger partial charge in [0.15, 0.2) is 0 Å². The van der Waals surface area contributed by atoms with E-state index in [1.807, 2.05) is 0 Å². The number of aliphatic hydroxyl groups is 1. The maximum atomic E-state index is 10.2. The molecule has 0 aromatic rings. The number of aliphatic hydroxyl groups excluding tert-OH is 1. The highest BCUT2D eigenvalue weighted by Gasteiger charge is 2.19. The van der Waals surface area contributed by atoms with Crippen molar-refractivity contribution in [3.63, 3.8) is 0 Å². The second-order valence-electron chi connectivity index (χ2n) is 4.80. The smallest absolute Gasteiger partial charge is 0.0570 e. The number of unbranched alkanes of at least 4 members (excludes halogenated alkanes) is 1. The zero-order valence-corrected chi connectivity index (χ0v) is 11.1. The lowest BCUT2D eigenvalue weighted by molar-refractivity contribution is 0.0723. The van der Waals surface area contributed by atoms with Crippen LogP contribution in [0.5, 0.6) is 0 Å². The second-order valence-corrected chi connectivity index (χ2v) is 4.80. The van der Waals surface area contributed by atoms with Gasteiger partial charge in [0.2, 0.25) is 0 Å². The summed E-state index contributed by atoms with van der Waals surface area (Å²) in [7, 11) is 0. The van der Waals surface area contributed by atoms with E-state index in [9.17, 15) is 5.11 Å². The summed E-state index contributed by atoms with van der Waals surface area (Å²) in [5.41, 5.74) is 0. The summed E-state index contributed by atoms with van der Waals surface area (Å²) in [6.45, 7) is 8.89. The maximum absolute atomic E-state index is 10.2. The Morgan fingerprint density at radius 3 is 1.93 bits per heavy atom. The molecule has 1 N–H and O–H groups in total. The Bertz CT molecular complexity index is 129. The van der Waals surface area contributed by atoms with Crippen LogP contribution in [0.1, 0.15) is 72.6 Å². The van der Waals surface area contributed by atoms with E-state index >= 15 is 0 Å². The van der Waals surface area contributed by atoms with Gasteiger partial charge in [-0.15, -0.1) is 0 Å². The van der Waals surface area contributed by atoms with Crippen molar-refractivity contribution in [2.75, 3.05) is 0 Å². The maximum Gasteiger partial charge on any atom is 0.0570 e. The SMILES string of the molecule is CCCCC(CC)C(O)CC(CC)CC. The zero-order valence-electron chi connectivity index (χ0n) is 11.1. The van der Waals surface area contributed by atoms with Crippen molar-refractivity contribution in [2.45, 2.75) is 78.7 Å². The minimum Gasteiger partial charge on any atom is -0.393 e. The quantitative estimate of drug-likeness (QED) is 0.603. The Labute approximate surface area is 96.3 Å². The lowest BCUT2D eigenvalue weighted by Crippen LogP contribution is -2.23. The molecule has 0 aromatic carbocycles. The monoisotopic (exact) mass is 214 g/mol. The number of hydrogen-bond acceptors (Lipinski definition) is 1. The fourth-order valence-corrected chi connectivity index (χ4v) is 2.29. The van der Waals surface area contributed by atoms with Crippen LogP contribution in [-0.4, -0.2) is 11.2 Å². The summed E-state index contributed by atoms with van der Waals surface area (Å²) < 4.78 is 0. The van der Waals surface area contributed by atoms with Gasteiger partial charge in [-0.05, 0) is 24.7 Å². The molecule has 0 aliphatic heterocycles. The molecule has 2 unspecified atom stereocenters. The molecule has 0 aromatic heterocycles. The molecule has 0 bridgehead atoms. The summed E-state index contributed by atoms with van der Waals surface area (Å²) in [6, 6.07) is 0. The molecule has 1 nitrogen and oxygen atoms in total. The van der Waals surface area contributed by atoms with Gasteiger partial charge in [0.05, 0.1) is 6.10 Å². The minimum atomic E-state index is -0.0635. The third-order valence-corrected chi connectivity index (χ3v) is 3.73. The first-order valence-corrected chi connectivity index (χ1v) is 6.87. The molecule has 0 radical (unpaired) electrons. The standard InChI is InChI=1S/C14H30O/c1-5-9-10-13(8-4)14(15)11-12(6-2)7-3/h12-15H,5-11H2,1-4H3. The summed E-state index contributed by atoms with van der Waals surface area (Å²) in [6.07, 6.45) is 8.19. The number of hydrogen-bond donors (Lipinski definition) is 1. The predicted molar refractivity (Wildman–Crippen MR) is 68.0 cm³/mol. The fourth-order valence-electron chi connectivity index (χ4n) is 2.29. The highest BCUT2D eigenvalue weighted by molar-refractivity contribution is 4.71. The lowest BCUT2D eigenvalue weighted by Gasteiger charge is -2.25. The van der Waals surface area contributed by atoms with Crippen molar-refractivity contribution in [3.05, 3.63) is 0 Å². The van der Waals surface area contributed by atoms with E-state index in [0.29, 0.717) is 5.92 Å². The highest BCUT2D eigenvalue weighted by Crippen LogP contribution is 2.24. The second kappa shape index (κ2) is 9.21. The van der Waals surface area contributed by atoms with Crippen molar-refractivity contribution >= 4 is 0 Å². The average Bonchev–Trinajstić information content (AvgIpc) is 2.26. The average molecular weight is 214 g/mol. The summed E-state index contributed by atoms with van der Waals surface area (Å²) >= 11 is 0. The van der Waals surface area contributed by atoms with Crippen LogP contribution in [-0.2, 0) is 0 Å². The molecule has 0 rings (SSSR count). The van der Waals surface area contributed by atoms with E-state index in [1.54, 1.807) is 0 Å². The first-order chi connectivity index (χ1) is 7.19. The van der Waals surface area contributed by atoms with Gasteiger partial charge in [-0.3, -0.25) is 0 Å². The molecule has 1 heteroatoms. The minimum absolute atomic E-state index is 0.0635. The number of rotatable bonds is 9. The van der Waals surface area contributed by atoms with E-state index in [4.69, 9.17) is 0 Å². The van der Waals surface area contributed by atoms with E-state index in [2.05, 4.69) is 27.7 Å². The van der Waals surface area contributed by atoms with E-state index in [-0.39, 0.29) is 6.10 Å². The molecule has 92 valence electrons. The van der Waals surface area contributed by atoms with Crippen LogP contribution in [0.25, 0.3) is 0 Å². The van der Waals surface area contributed by atoms with Crippen molar-refractivity contribution in [2.24, 2.45) is 11.8 Å². The van der Waals surface area contributed by atoms with Crippen LogP contribution in [0.3, 0.4) is 0 Å². The van der Waals surface area contributed by atoms with Crippen LogP contribution in [0.2, 0.25) is 0 Å². The third-order valence-electron chi connectivity index (χ3n) is 3.73. The molecule has 15 heavy (non-hydrogen) atoms. The Balaban J connectivity index is 3.95. The Morgan fingerprint density at radius 1 is 0.933 bits per heavy atom. The Hall–Kier alpha value is -0.0400. The van der Waals surface area contributed by atoms with Crippen LogP contribution >= 0.6 is 0 Å². The summed E-state index contributed by atoms with van der Waals surface area (Å²) in [4.78, 5) is 0. The Kier molecular flexibility index (Phi) is 9.18. The highest BCUT2D eigenvalue weighted by atomic mass is 16.3. The fraction of sp³-hybridized carbons (Fsp3) is 1.00. The molecule has 2 atom stereocenters. The van der Waals surface area contributed by atoms with E-state index in [0.717, 1.165) is 18.8 Å². The van der Waals surface area contributed by atoms with Crippen molar-refractivity contribution in [1.29, 1.82) is 0 Å². The van der Waals surface area contributed by atoms with Gasteiger partial charge < -0.3 is 5.11 Å². The van der Waals surface area contributed by atoms with E-state index < -0.39 is 0 Å². The first kappa shape index (κ1) is 15.0. The molecular formula is C14H30O. The molecule has 0 saturated heterocycles. The topological polar surface area (TPSA) is 20.2 Å². The largest absolute Gasteiger partial charge is 0.393 e. The molecule has 0 aliphatic carbocycles. The zero-order chi connectivity index (χ0) is 11.7. The molecule has 0 saturated carbocycles. The molecular weight excluding hydrogens is 184 g/mol. The molecule has 0 aliphatic rings. The van der Waals surface area contributed by atoms with Crippen molar-refractivity contribution < 1.29 is 5.11 Å². The van der Waals surface area contributed by atoms with Crippen LogP contribution < -0.4 is 0 Å². The normalized spacial score (nSPS) is 15.6. The first-order valence-electron chi connectivity index (χ1n) is 6.87. The van der Waals surface area contributed by atoms with Gasteiger partial charge in [0.1, 0.15) is 0 Å². The molecule has 0 amide bonds. The summed E-state index contributed by atoms with van der Waals surface area (Å²) in [5, 5.41) is 10.2. The van der Waals surface area contributed by atoms with Gasteiger partial charge in [-0.1, -0.05) is 59.8 Å². The van der Waals surface area contributed by atoms with Crippen LogP contribution in [0.15, 0.2) is 0 Å². The van der Waals surface area contributed by atoms with Gasteiger partial charge in [-0.25, -0.2) is 0 Å². The van der Waals surface area contributed by atoms with Crippen molar-refractivity contribution in [1.82, 2.24) is 0 Å². The molecule has 0 fully saturated rings. The van der Waals surface area contributed by atoms with Gasteiger partial charge in [0.25, 0.3) is 0 Å². The van der Waals surface area contributed by atoms with E-state index in [1.165, 1.54) is 32.1 Å². The summed E-state index contributed by atoms with van der Waals surface area (Å²) in [5.74, 6) is 1.25. The van der Waals surface area contributed by atoms with Gasteiger partial charge >= 0.3 is 0 Å². The third kappa shape index (κ3) is 6.19. The molecule has 0 spiro atoms. The lowest BCUT2D eigenvalue weighted by atomic mass is 9.86. The van der Waals surface area contributed by atoms with Gasteiger partial charge in [-0.2, -0.15) is 0 Å². The Morgan fingerprint density at radius 2 is 1.53 bits per heavy atom. The predicted octanol–water partition coefficient (Wildman–Crippen LogP) is 4.39. The van der Waals surface area contributed by atoms with Crippen molar-refractivity contribution in [3.8, 4) is 0 Å². The molecule has 0 heterocycles. The van der Waals surface area contributed by atoms with Gasteiger partial charge in [0, 0.05) is 0 Å².